The summed E-state index contributed by atoms with van der Waals surface area (Å²) in [7, 11) is 1.70. The van der Waals surface area contributed by atoms with Crippen molar-refractivity contribution in [2.75, 3.05) is 25.0 Å². The molecule has 25 heavy (non-hydrogen) atoms. The van der Waals surface area contributed by atoms with Crippen LogP contribution in [0.3, 0.4) is 0 Å². The largest absolute Gasteiger partial charge is 0.390 e. The maximum atomic E-state index is 12.8. The molecule has 3 N–H and O–H groups in total. The molecule has 0 saturated heterocycles. The van der Waals surface area contributed by atoms with Crippen LogP contribution < -0.4 is 10.6 Å². The number of aliphatic hydroxyl groups is 1. The van der Waals surface area contributed by atoms with Crippen molar-refractivity contribution in [3.05, 3.63) is 69.8 Å². The van der Waals surface area contributed by atoms with Gasteiger partial charge in [0.25, 0.3) is 5.69 Å². The Balaban J connectivity index is 0.00000312. The predicted octanol–water partition coefficient (Wildman–Crippen LogP) is 2.00. The number of ketones is 1. The minimum absolute atomic E-state index is 0. The van der Waals surface area contributed by atoms with E-state index in [-0.39, 0.29) is 42.5 Å². The highest BCUT2D eigenvalue weighted by Crippen LogP contribution is 2.27. The van der Waals surface area contributed by atoms with E-state index in [4.69, 9.17) is 5.73 Å². The van der Waals surface area contributed by atoms with Crippen LogP contribution in [-0.2, 0) is 0 Å². The number of non-ortho nitro benzene ring substituents is 1. The quantitative estimate of drug-likeness (QED) is 0.441. The van der Waals surface area contributed by atoms with E-state index < -0.39 is 11.0 Å². The van der Waals surface area contributed by atoms with E-state index in [1.54, 1.807) is 42.3 Å². The average Bonchev–Trinajstić information content (AvgIpc) is 2.61. The second-order valence-electron chi connectivity index (χ2n) is 5.42. The molecular formula is C17H20ClN3O4. The van der Waals surface area contributed by atoms with Crippen LogP contribution in [-0.4, -0.2) is 42.1 Å². The standard InChI is InChI=1S/C17H19N3O4.ClH/c1-19(11-14(21)10-18)16-8-7-13(20(23)24)9-15(16)17(22)12-5-3-2-4-6-12;/h2-9,14,21H,10-11,18H2,1H3;1H. The molecule has 8 heteroatoms. The van der Waals surface area contributed by atoms with E-state index in [1.807, 2.05) is 0 Å². The van der Waals surface area contributed by atoms with Crippen molar-refractivity contribution in [1.29, 1.82) is 0 Å². The van der Waals surface area contributed by atoms with Gasteiger partial charge in [0, 0.05) is 43.5 Å². The second-order valence-corrected chi connectivity index (χ2v) is 5.42. The van der Waals surface area contributed by atoms with Gasteiger partial charge in [0.15, 0.2) is 5.78 Å². The lowest BCUT2D eigenvalue weighted by molar-refractivity contribution is -0.384. The Kier molecular flexibility index (Phi) is 7.50. The number of likely N-dealkylation sites (N-methyl/N-ethyl adjacent to an activating group) is 1. The molecular weight excluding hydrogens is 346 g/mol. The van der Waals surface area contributed by atoms with Gasteiger partial charge in [0.05, 0.1) is 16.6 Å². The molecule has 134 valence electrons. The number of nitro groups is 1. The first-order chi connectivity index (χ1) is 11.4. The maximum absolute atomic E-state index is 12.8. The zero-order valence-corrected chi connectivity index (χ0v) is 14.5. The number of benzene rings is 2. The summed E-state index contributed by atoms with van der Waals surface area (Å²) in [6.45, 7) is 0.294. The number of anilines is 1. The van der Waals surface area contributed by atoms with Crippen molar-refractivity contribution >= 4 is 29.6 Å². The fourth-order valence-corrected chi connectivity index (χ4v) is 2.39. The fraction of sp³-hybridized carbons (Fsp3) is 0.235. The van der Waals surface area contributed by atoms with Gasteiger partial charge in [0.2, 0.25) is 0 Å². The summed E-state index contributed by atoms with van der Waals surface area (Å²) in [4.78, 5) is 24.9. The van der Waals surface area contributed by atoms with Gasteiger partial charge < -0.3 is 15.7 Å². The number of nitro benzene ring substituents is 1. The molecule has 0 aromatic heterocycles. The normalized spacial score (nSPS) is 11.3. The highest BCUT2D eigenvalue weighted by atomic mass is 35.5. The van der Waals surface area contributed by atoms with Gasteiger partial charge in [-0.3, -0.25) is 14.9 Å². The molecule has 1 unspecified atom stereocenters. The van der Waals surface area contributed by atoms with E-state index in [2.05, 4.69) is 0 Å². The van der Waals surface area contributed by atoms with Crippen LogP contribution in [0.2, 0.25) is 0 Å². The molecule has 0 radical (unpaired) electrons. The predicted molar refractivity (Wildman–Crippen MR) is 98.6 cm³/mol. The lowest BCUT2D eigenvalue weighted by Crippen LogP contribution is -2.34. The molecule has 2 aromatic rings. The number of nitrogens with zero attached hydrogens (tertiary/aromatic N) is 2. The lowest BCUT2D eigenvalue weighted by atomic mass is 10.00. The smallest absolute Gasteiger partial charge is 0.270 e. The van der Waals surface area contributed by atoms with Crippen LogP contribution in [0.1, 0.15) is 15.9 Å². The number of carbonyl (C=O) groups is 1. The summed E-state index contributed by atoms with van der Waals surface area (Å²) in [6, 6.07) is 12.7. The summed E-state index contributed by atoms with van der Waals surface area (Å²) in [5, 5.41) is 20.8. The number of hydrogen-bond acceptors (Lipinski definition) is 6. The summed E-state index contributed by atoms with van der Waals surface area (Å²) in [5.41, 5.74) is 6.41. The van der Waals surface area contributed by atoms with Crippen LogP contribution in [0, 0.1) is 10.1 Å². The number of carbonyl (C=O) groups excluding carboxylic acids is 1. The molecule has 0 heterocycles. The number of nitrogens with two attached hydrogens (primary N) is 1. The molecule has 1 atom stereocenters. The molecule has 0 saturated carbocycles. The van der Waals surface area contributed by atoms with E-state index in [9.17, 15) is 20.0 Å². The van der Waals surface area contributed by atoms with Gasteiger partial charge >= 0.3 is 0 Å². The number of aliphatic hydroxyl groups excluding tert-OH is 1. The zero-order chi connectivity index (χ0) is 17.7. The molecule has 2 rings (SSSR count). The number of halogens is 1. The SMILES string of the molecule is CN(CC(O)CN)c1ccc([N+](=O)[O-])cc1C(=O)c1ccccc1.Cl. The van der Waals surface area contributed by atoms with Crippen LogP contribution in [0.4, 0.5) is 11.4 Å². The Morgan fingerprint density at radius 2 is 1.92 bits per heavy atom. The van der Waals surface area contributed by atoms with Crippen molar-refractivity contribution in [2.24, 2.45) is 5.73 Å². The van der Waals surface area contributed by atoms with E-state index in [0.717, 1.165) is 0 Å². The third kappa shape index (κ3) is 4.99. The van der Waals surface area contributed by atoms with Crippen LogP contribution in [0.5, 0.6) is 0 Å². The lowest BCUT2D eigenvalue weighted by Gasteiger charge is -2.24. The molecule has 0 bridgehead atoms. The molecule has 0 fully saturated rings. The van der Waals surface area contributed by atoms with Crippen LogP contribution in [0.15, 0.2) is 48.5 Å². The summed E-state index contributed by atoms with van der Waals surface area (Å²) < 4.78 is 0. The molecule has 2 aromatic carbocycles. The molecule has 0 spiro atoms. The Morgan fingerprint density at radius 3 is 2.48 bits per heavy atom. The Bertz CT molecular complexity index is 740. The first-order valence-corrected chi connectivity index (χ1v) is 7.41. The zero-order valence-electron chi connectivity index (χ0n) is 13.7. The van der Waals surface area contributed by atoms with Crippen LogP contribution in [0.25, 0.3) is 0 Å². The van der Waals surface area contributed by atoms with Crippen molar-refractivity contribution in [3.63, 3.8) is 0 Å². The number of hydrogen-bond donors (Lipinski definition) is 2. The van der Waals surface area contributed by atoms with Crippen molar-refractivity contribution in [2.45, 2.75) is 6.10 Å². The van der Waals surface area contributed by atoms with Gasteiger partial charge in [-0.25, -0.2) is 0 Å². The van der Waals surface area contributed by atoms with Gasteiger partial charge in [-0.1, -0.05) is 30.3 Å². The van der Waals surface area contributed by atoms with Crippen molar-refractivity contribution in [3.8, 4) is 0 Å². The van der Waals surface area contributed by atoms with Crippen LogP contribution >= 0.6 is 12.4 Å². The Morgan fingerprint density at radius 1 is 1.28 bits per heavy atom. The minimum Gasteiger partial charge on any atom is -0.390 e. The third-order valence-electron chi connectivity index (χ3n) is 3.64. The molecule has 7 nitrogen and oxygen atoms in total. The second kappa shape index (κ2) is 9.12. The molecule has 0 amide bonds. The van der Waals surface area contributed by atoms with E-state index in [1.165, 1.54) is 18.2 Å². The minimum atomic E-state index is -0.759. The highest BCUT2D eigenvalue weighted by Gasteiger charge is 2.21. The maximum Gasteiger partial charge on any atom is 0.270 e. The van der Waals surface area contributed by atoms with Gasteiger partial charge in [-0.15, -0.1) is 12.4 Å². The Labute approximate surface area is 151 Å². The topological polar surface area (TPSA) is 110 Å². The summed E-state index contributed by atoms with van der Waals surface area (Å²) in [5.74, 6) is -0.316. The average molecular weight is 366 g/mol. The monoisotopic (exact) mass is 365 g/mol. The third-order valence-corrected chi connectivity index (χ3v) is 3.64. The van der Waals surface area contributed by atoms with E-state index >= 15 is 0 Å². The molecule has 0 aliphatic heterocycles. The summed E-state index contributed by atoms with van der Waals surface area (Å²) in [6.07, 6.45) is -0.759. The van der Waals surface area contributed by atoms with Gasteiger partial charge in [0.1, 0.15) is 0 Å². The van der Waals surface area contributed by atoms with Gasteiger partial charge in [-0.2, -0.15) is 0 Å². The number of rotatable bonds is 7. The van der Waals surface area contributed by atoms with Crippen molar-refractivity contribution in [1.82, 2.24) is 0 Å². The first-order valence-electron chi connectivity index (χ1n) is 7.41. The Hall–Kier alpha value is -2.48. The van der Waals surface area contributed by atoms with Crippen molar-refractivity contribution < 1.29 is 14.8 Å². The highest BCUT2D eigenvalue weighted by molar-refractivity contribution is 6.12. The van der Waals surface area contributed by atoms with Gasteiger partial charge in [-0.05, 0) is 6.07 Å². The molecule has 0 aliphatic carbocycles. The first kappa shape index (κ1) is 20.6. The fourth-order valence-electron chi connectivity index (χ4n) is 2.39. The van der Waals surface area contributed by atoms with E-state index in [0.29, 0.717) is 11.3 Å². The molecule has 0 aliphatic rings. The summed E-state index contributed by atoms with van der Waals surface area (Å²) >= 11 is 0.